The van der Waals surface area contributed by atoms with Gasteiger partial charge in [-0.3, -0.25) is 9.88 Å². The van der Waals surface area contributed by atoms with Gasteiger partial charge in [0.2, 0.25) is 0 Å². The first-order valence-corrected chi connectivity index (χ1v) is 13.7. The van der Waals surface area contributed by atoms with Crippen LogP contribution in [-0.4, -0.2) is 75.3 Å². The topological polar surface area (TPSA) is 69.1 Å². The molecule has 1 aromatic heterocycles. The van der Waals surface area contributed by atoms with E-state index in [0.29, 0.717) is 24.7 Å². The van der Waals surface area contributed by atoms with E-state index in [4.69, 9.17) is 4.74 Å². The average molecular weight is 491 g/mol. The maximum Gasteiger partial charge on any atom is 0.410 e. The van der Waals surface area contributed by atoms with E-state index < -0.39 is 6.23 Å². The third kappa shape index (κ3) is 4.21. The highest BCUT2D eigenvalue weighted by Crippen LogP contribution is 2.45. The van der Waals surface area contributed by atoms with Crippen LogP contribution in [-0.2, 0) is 16.7 Å². The predicted molar refractivity (Wildman–Crippen MR) is 137 cm³/mol. The Bertz CT molecular complexity index is 1060. The van der Waals surface area contributed by atoms with Crippen molar-refractivity contribution >= 4 is 6.09 Å². The molecule has 3 atom stereocenters. The molecule has 36 heavy (non-hydrogen) atoms. The van der Waals surface area contributed by atoms with Crippen LogP contribution >= 0.6 is 0 Å². The van der Waals surface area contributed by atoms with E-state index >= 15 is 0 Å². The quantitative estimate of drug-likeness (QED) is 0.697. The summed E-state index contributed by atoms with van der Waals surface area (Å²) in [6.07, 6.45) is 9.27. The molecule has 3 unspecified atom stereocenters. The van der Waals surface area contributed by atoms with Crippen molar-refractivity contribution in [2.45, 2.75) is 81.8 Å². The van der Waals surface area contributed by atoms with Crippen molar-refractivity contribution in [1.29, 1.82) is 0 Å². The Kier molecular flexibility index (Phi) is 6.48. The lowest BCUT2D eigenvalue weighted by Crippen LogP contribution is -2.57. The van der Waals surface area contributed by atoms with E-state index in [1.54, 1.807) is 12.4 Å². The van der Waals surface area contributed by atoms with Crippen molar-refractivity contribution in [2.24, 2.45) is 0 Å². The predicted octanol–water partition coefficient (Wildman–Crippen LogP) is 4.07. The minimum absolute atomic E-state index is 0.0547. The summed E-state index contributed by atoms with van der Waals surface area (Å²) in [7, 11) is 0. The number of fused-ring (bicyclic) bond motifs is 4. The highest BCUT2D eigenvalue weighted by molar-refractivity contribution is 5.69. The third-order valence-electron chi connectivity index (χ3n) is 9.25. The lowest BCUT2D eigenvalue weighted by molar-refractivity contribution is -0.0413. The molecule has 2 aromatic rings. The standard InChI is InChI=1S/C29H38N4O3/c1-2-36-28(35)33-23-9-10-24(33)17-25(16-23)31-14-11-29(12-15-31)20-32(19-22-6-3-4-8-26(22)29)27(34)21-7-5-13-30-18-21/h3-8,13,18,23-25,27,34H,2,9-12,14-17,19-20H2,1H3. The van der Waals surface area contributed by atoms with Gasteiger partial charge >= 0.3 is 6.09 Å². The second kappa shape index (κ2) is 9.77. The highest BCUT2D eigenvalue weighted by atomic mass is 16.6. The number of aliphatic hydroxyl groups excluding tert-OH is 1. The van der Waals surface area contributed by atoms with Gasteiger partial charge in [-0.2, -0.15) is 0 Å². The van der Waals surface area contributed by atoms with Gasteiger partial charge in [0, 0.05) is 54.6 Å². The molecule has 4 aliphatic heterocycles. The third-order valence-corrected chi connectivity index (χ3v) is 9.25. The van der Waals surface area contributed by atoms with Crippen LogP contribution in [0.5, 0.6) is 0 Å². The van der Waals surface area contributed by atoms with Gasteiger partial charge in [-0.1, -0.05) is 30.3 Å². The summed E-state index contributed by atoms with van der Waals surface area (Å²) in [5.74, 6) is 0. The molecule has 0 radical (unpaired) electrons. The molecule has 0 saturated carbocycles. The van der Waals surface area contributed by atoms with Crippen molar-refractivity contribution in [2.75, 3.05) is 26.2 Å². The van der Waals surface area contributed by atoms with Crippen molar-refractivity contribution in [3.05, 3.63) is 65.5 Å². The number of hydrogen-bond acceptors (Lipinski definition) is 6. The summed E-state index contributed by atoms with van der Waals surface area (Å²) in [4.78, 5) is 23.7. The number of amides is 1. The number of aromatic nitrogens is 1. The minimum Gasteiger partial charge on any atom is -0.450 e. The number of carbonyl (C=O) groups excluding carboxylic acids is 1. The number of rotatable bonds is 4. The van der Waals surface area contributed by atoms with Gasteiger partial charge < -0.3 is 19.6 Å². The smallest absolute Gasteiger partial charge is 0.410 e. The number of pyridine rings is 1. The molecule has 6 rings (SSSR count). The second-order valence-electron chi connectivity index (χ2n) is 11.2. The molecule has 3 fully saturated rings. The van der Waals surface area contributed by atoms with Gasteiger partial charge in [0.15, 0.2) is 0 Å². The normalized spacial score (nSPS) is 28.6. The fourth-order valence-corrected chi connectivity index (χ4v) is 7.52. The van der Waals surface area contributed by atoms with E-state index in [0.717, 1.165) is 70.3 Å². The Labute approximate surface area is 214 Å². The van der Waals surface area contributed by atoms with E-state index in [9.17, 15) is 9.90 Å². The maximum atomic E-state index is 12.5. The van der Waals surface area contributed by atoms with Crippen LogP contribution in [0.2, 0.25) is 0 Å². The van der Waals surface area contributed by atoms with Gasteiger partial charge in [-0.25, -0.2) is 4.79 Å². The molecule has 1 N–H and O–H groups in total. The zero-order valence-electron chi connectivity index (χ0n) is 21.3. The van der Waals surface area contributed by atoms with Crippen LogP contribution in [0.15, 0.2) is 48.8 Å². The van der Waals surface area contributed by atoms with Gasteiger partial charge in [-0.15, -0.1) is 0 Å². The first kappa shape index (κ1) is 23.9. The average Bonchev–Trinajstić information content (AvgIpc) is 3.19. The Morgan fingerprint density at radius 3 is 2.56 bits per heavy atom. The molecule has 7 nitrogen and oxygen atoms in total. The van der Waals surface area contributed by atoms with Crippen LogP contribution in [0.1, 0.15) is 68.4 Å². The second-order valence-corrected chi connectivity index (χ2v) is 11.2. The van der Waals surface area contributed by atoms with Gasteiger partial charge in [0.1, 0.15) is 6.23 Å². The van der Waals surface area contributed by atoms with Crippen LogP contribution in [0.25, 0.3) is 0 Å². The molecule has 3 saturated heterocycles. The number of carbonyl (C=O) groups is 1. The molecule has 4 aliphatic rings. The Hall–Kier alpha value is -2.48. The zero-order valence-corrected chi connectivity index (χ0v) is 21.3. The van der Waals surface area contributed by atoms with E-state index in [1.165, 1.54) is 11.1 Å². The van der Waals surface area contributed by atoms with E-state index in [2.05, 4.69) is 39.0 Å². The Morgan fingerprint density at radius 1 is 1.11 bits per heavy atom. The fourth-order valence-electron chi connectivity index (χ4n) is 7.52. The number of aliphatic hydroxyl groups is 1. The number of benzene rings is 1. The SMILES string of the molecule is CCOC(=O)N1C2CCC1CC(N1CCC3(CC1)CN(C(O)c1cccnc1)Cc1ccccc13)C2. The lowest BCUT2D eigenvalue weighted by Gasteiger charge is -2.52. The summed E-state index contributed by atoms with van der Waals surface area (Å²) >= 11 is 0. The van der Waals surface area contributed by atoms with Crippen molar-refractivity contribution in [1.82, 2.24) is 19.7 Å². The lowest BCUT2D eigenvalue weighted by atomic mass is 9.68. The van der Waals surface area contributed by atoms with E-state index in [-0.39, 0.29) is 11.5 Å². The molecule has 1 amide bonds. The molecule has 5 heterocycles. The summed E-state index contributed by atoms with van der Waals surface area (Å²) in [5.41, 5.74) is 3.71. The van der Waals surface area contributed by atoms with Crippen LogP contribution < -0.4 is 0 Å². The first-order valence-electron chi connectivity index (χ1n) is 13.7. The zero-order chi connectivity index (χ0) is 24.7. The van der Waals surface area contributed by atoms with Gasteiger partial charge in [0.25, 0.3) is 0 Å². The van der Waals surface area contributed by atoms with Gasteiger partial charge in [-0.05, 0) is 75.7 Å². The summed E-state index contributed by atoms with van der Waals surface area (Å²) in [5, 5.41) is 11.2. The summed E-state index contributed by atoms with van der Waals surface area (Å²) in [6.45, 7) is 6.08. The van der Waals surface area contributed by atoms with Crippen LogP contribution in [0, 0.1) is 0 Å². The largest absolute Gasteiger partial charge is 0.450 e. The maximum absolute atomic E-state index is 12.5. The number of nitrogens with zero attached hydrogens (tertiary/aromatic N) is 4. The van der Waals surface area contributed by atoms with Crippen LogP contribution in [0.3, 0.4) is 0 Å². The van der Waals surface area contributed by atoms with Crippen molar-refractivity contribution < 1.29 is 14.6 Å². The van der Waals surface area contributed by atoms with Crippen molar-refractivity contribution in [3.63, 3.8) is 0 Å². The first-order chi connectivity index (χ1) is 17.6. The van der Waals surface area contributed by atoms with Gasteiger partial charge in [0.05, 0.1) is 6.61 Å². The number of hydrogen-bond donors (Lipinski definition) is 1. The monoisotopic (exact) mass is 490 g/mol. The Morgan fingerprint density at radius 2 is 1.86 bits per heavy atom. The Balaban J connectivity index is 1.17. The highest BCUT2D eigenvalue weighted by Gasteiger charge is 2.48. The molecule has 1 spiro atoms. The molecule has 2 bridgehead atoms. The molecular weight excluding hydrogens is 452 g/mol. The molecule has 7 heteroatoms. The summed E-state index contributed by atoms with van der Waals surface area (Å²) in [6, 6.07) is 13.9. The molecule has 0 aliphatic carbocycles. The molecule has 192 valence electrons. The van der Waals surface area contributed by atoms with Crippen LogP contribution in [0.4, 0.5) is 4.79 Å². The fraction of sp³-hybridized carbons (Fsp3) is 0.586. The minimum atomic E-state index is -0.648. The number of likely N-dealkylation sites (tertiary alicyclic amines) is 1. The van der Waals surface area contributed by atoms with E-state index in [1.807, 2.05) is 24.0 Å². The number of ether oxygens (including phenoxy) is 1. The number of piperidine rings is 2. The molecule has 1 aromatic carbocycles. The van der Waals surface area contributed by atoms with Crippen molar-refractivity contribution in [3.8, 4) is 0 Å². The summed E-state index contributed by atoms with van der Waals surface area (Å²) < 4.78 is 5.36. The molecular formula is C29H38N4O3.